The number of benzene rings is 1. The molecule has 0 aliphatic rings. The molecule has 0 saturated heterocycles. The molecule has 3 rings (SSSR count). The SMILES string of the molecule is CC(Sc1nc2ncccn2n1)C(=O)c1ccc(F)cc1. The van der Waals surface area contributed by atoms with E-state index in [1.54, 1.807) is 29.9 Å². The number of halogens is 1. The first-order chi connectivity index (χ1) is 10.1. The minimum Gasteiger partial charge on any atom is -0.293 e. The highest BCUT2D eigenvalue weighted by Gasteiger charge is 2.19. The second-order valence-corrected chi connectivity index (χ2v) is 5.70. The lowest BCUT2D eigenvalue weighted by molar-refractivity contribution is 0.0994. The van der Waals surface area contributed by atoms with Gasteiger partial charge < -0.3 is 0 Å². The summed E-state index contributed by atoms with van der Waals surface area (Å²) in [6.07, 6.45) is 3.37. The van der Waals surface area contributed by atoms with Crippen LogP contribution in [0.1, 0.15) is 17.3 Å². The number of rotatable bonds is 4. The minimum atomic E-state index is -0.368. The van der Waals surface area contributed by atoms with Crippen LogP contribution in [0.5, 0.6) is 0 Å². The van der Waals surface area contributed by atoms with Crippen molar-refractivity contribution in [2.45, 2.75) is 17.3 Å². The second kappa shape index (κ2) is 5.61. The molecule has 0 N–H and O–H groups in total. The Labute approximate surface area is 124 Å². The van der Waals surface area contributed by atoms with Crippen LogP contribution >= 0.6 is 11.8 Å². The van der Waals surface area contributed by atoms with Crippen LogP contribution in [0.2, 0.25) is 0 Å². The number of carbonyl (C=O) groups is 1. The number of carbonyl (C=O) groups excluding carboxylic acids is 1. The largest absolute Gasteiger partial charge is 0.293 e. The normalized spacial score (nSPS) is 12.5. The average Bonchev–Trinajstić information content (AvgIpc) is 2.89. The molecule has 2 aromatic heterocycles. The lowest BCUT2D eigenvalue weighted by atomic mass is 10.1. The number of hydrogen-bond donors (Lipinski definition) is 0. The van der Waals surface area contributed by atoms with E-state index in [9.17, 15) is 9.18 Å². The lowest BCUT2D eigenvalue weighted by Gasteiger charge is -2.07. The minimum absolute atomic E-state index is 0.0909. The molecule has 5 nitrogen and oxygen atoms in total. The van der Waals surface area contributed by atoms with Crippen molar-refractivity contribution in [2.24, 2.45) is 0 Å². The maximum absolute atomic E-state index is 12.9. The number of fused-ring (bicyclic) bond motifs is 1. The van der Waals surface area contributed by atoms with Gasteiger partial charge in [-0.25, -0.2) is 13.9 Å². The standard InChI is InChI=1S/C14H11FN4OS/c1-9(12(20)10-3-5-11(15)6-4-10)21-14-17-13-16-7-2-8-19(13)18-14/h2-9H,1H3. The lowest BCUT2D eigenvalue weighted by Crippen LogP contribution is -2.13. The first-order valence-electron chi connectivity index (χ1n) is 6.27. The van der Waals surface area contributed by atoms with Gasteiger partial charge in [0, 0.05) is 18.0 Å². The molecular formula is C14H11FN4OS. The first-order valence-corrected chi connectivity index (χ1v) is 7.15. The molecule has 1 atom stereocenters. The van der Waals surface area contributed by atoms with E-state index < -0.39 is 0 Å². The third-order valence-corrected chi connectivity index (χ3v) is 3.83. The van der Waals surface area contributed by atoms with Crippen LogP contribution in [0.3, 0.4) is 0 Å². The summed E-state index contributed by atoms with van der Waals surface area (Å²) < 4.78 is 14.4. The smallest absolute Gasteiger partial charge is 0.253 e. The Morgan fingerprint density at radius 3 is 2.81 bits per heavy atom. The number of Topliss-reactive ketones (excluding diaryl/α,β-unsaturated/α-hetero) is 1. The number of aromatic nitrogens is 4. The topological polar surface area (TPSA) is 60.1 Å². The van der Waals surface area contributed by atoms with Gasteiger partial charge in [0.05, 0.1) is 5.25 Å². The molecule has 1 aromatic carbocycles. The van der Waals surface area contributed by atoms with E-state index in [0.717, 1.165) is 0 Å². The fourth-order valence-corrected chi connectivity index (χ4v) is 2.65. The molecule has 0 aliphatic heterocycles. The molecule has 0 aliphatic carbocycles. The molecule has 106 valence electrons. The highest BCUT2D eigenvalue weighted by atomic mass is 32.2. The van der Waals surface area contributed by atoms with Gasteiger partial charge in [-0.3, -0.25) is 4.79 Å². The maximum Gasteiger partial charge on any atom is 0.253 e. The van der Waals surface area contributed by atoms with Gasteiger partial charge >= 0.3 is 0 Å². The summed E-state index contributed by atoms with van der Waals surface area (Å²) in [6.45, 7) is 1.77. The molecule has 0 bridgehead atoms. The summed E-state index contributed by atoms with van der Waals surface area (Å²) in [7, 11) is 0. The van der Waals surface area contributed by atoms with Crippen molar-refractivity contribution in [1.29, 1.82) is 0 Å². The van der Waals surface area contributed by atoms with E-state index in [1.807, 2.05) is 0 Å². The van der Waals surface area contributed by atoms with Crippen molar-refractivity contribution in [1.82, 2.24) is 19.6 Å². The zero-order valence-corrected chi connectivity index (χ0v) is 11.9. The number of ketones is 1. The summed E-state index contributed by atoms with van der Waals surface area (Å²) in [4.78, 5) is 20.6. The van der Waals surface area contributed by atoms with E-state index in [4.69, 9.17) is 0 Å². The highest BCUT2D eigenvalue weighted by Crippen LogP contribution is 2.23. The molecular weight excluding hydrogens is 291 g/mol. The van der Waals surface area contributed by atoms with E-state index >= 15 is 0 Å². The quantitative estimate of drug-likeness (QED) is 0.547. The van der Waals surface area contributed by atoms with E-state index in [0.29, 0.717) is 16.5 Å². The van der Waals surface area contributed by atoms with Crippen LogP contribution in [0.15, 0.2) is 47.9 Å². The Morgan fingerprint density at radius 1 is 1.33 bits per heavy atom. The van der Waals surface area contributed by atoms with Gasteiger partial charge in [-0.15, -0.1) is 5.10 Å². The molecule has 0 spiro atoms. The average molecular weight is 302 g/mol. The summed E-state index contributed by atoms with van der Waals surface area (Å²) in [5.74, 6) is 0.0354. The van der Waals surface area contributed by atoms with E-state index in [2.05, 4.69) is 15.1 Å². The van der Waals surface area contributed by atoms with Gasteiger partial charge in [0.15, 0.2) is 5.78 Å². The van der Waals surface area contributed by atoms with Crippen LogP contribution < -0.4 is 0 Å². The maximum atomic E-state index is 12.9. The fourth-order valence-electron chi connectivity index (χ4n) is 1.82. The second-order valence-electron chi connectivity index (χ2n) is 4.39. The molecule has 0 radical (unpaired) electrons. The summed E-state index contributed by atoms with van der Waals surface area (Å²) in [6, 6.07) is 7.26. The monoisotopic (exact) mass is 302 g/mol. The van der Waals surface area contributed by atoms with Crippen LogP contribution in [-0.4, -0.2) is 30.6 Å². The van der Waals surface area contributed by atoms with Crippen molar-refractivity contribution in [3.8, 4) is 0 Å². The number of hydrogen-bond acceptors (Lipinski definition) is 5. The third kappa shape index (κ3) is 2.92. The van der Waals surface area contributed by atoms with Gasteiger partial charge in [-0.2, -0.15) is 4.98 Å². The summed E-state index contributed by atoms with van der Waals surface area (Å²) >= 11 is 1.25. The van der Waals surface area contributed by atoms with Gasteiger partial charge in [0.25, 0.3) is 5.78 Å². The molecule has 1 unspecified atom stereocenters. The highest BCUT2D eigenvalue weighted by molar-refractivity contribution is 8.00. The van der Waals surface area contributed by atoms with Crippen LogP contribution in [-0.2, 0) is 0 Å². The number of thioether (sulfide) groups is 1. The van der Waals surface area contributed by atoms with Crippen molar-refractivity contribution in [2.75, 3.05) is 0 Å². The Balaban J connectivity index is 1.77. The molecule has 0 amide bonds. The molecule has 2 heterocycles. The van der Waals surface area contributed by atoms with E-state index in [1.165, 1.54) is 36.0 Å². The zero-order chi connectivity index (χ0) is 14.8. The van der Waals surface area contributed by atoms with Crippen LogP contribution in [0.4, 0.5) is 4.39 Å². The van der Waals surface area contributed by atoms with Crippen LogP contribution in [0, 0.1) is 5.82 Å². The van der Waals surface area contributed by atoms with Gasteiger partial charge in [-0.05, 0) is 37.3 Å². The van der Waals surface area contributed by atoms with Gasteiger partial charge in [-0.1, -0.05) is 11.8 Å². The predicted octanol–water partition coefficient (Wildman–Crippen LogP) is 2.63. The van der Waals surface area contributed by atoms with Crippen molar-refractivity contribution in [3.63, 3.8) is 0 Å². The van der Waals surface area contributed by atoms with E-state index in [-0.39, 0.29) is 16.9 Å². The predicted molar refractivity (Wildman–Crippen MR) is 76.8 cm³/mol. The van der Waals surface area contributed by atoms with Gasteiger partial charge in [0.1, 0.15) is 5.82 Å². The molecule has 7 heteroatoms. The van der Waals surface area contributed by atoms with Crippen molar-refractivity contribution >= 4 is 23.3 Å². The summed E-state index contributed by atoms with van der Waals surface area (Å²) in [5, 5.41) is 4.35. The Kier molecular flexibility index (Phi) is 3.66. The molecule has 3 aromatic rings. The van der Waals surface area contributed by atoms with Crippen molar-refractivity contribution in [3.05, 3.63) is 54.1 Å². The van der Waals surface area contributed by atoms with Crippen LogP contribution in [0.25, 0.3) is 5.78 Å². The molecule has 0 fully saturated rings. The molecule has 0 saturated carbocycles. The van der Waals surface area contributed by atoms with Gasteiger partial charge in [0.2, 0.25) is 5.16 Å². The Bertz CT molecular complexity index is 754. The summed E-state index contributed by atoms with van der Waals surface area (Å²) in [5.41, 5.74) is 0.471. The number of nitrogens with zero attached hydrogens (tertiary/aromatic N) is 4. The first kappa shape index (κ1) is 13.7. The Hall–Kier alpha value is -2.28. The molecule has 21 heavy (non-hydrogen) atoms. The fraction of sp³-hybridized carbons (Fsp3) is 0.143. The third-order valence-electron chi connectivity index (χ3n) is 2.88. The van der Waals surface area contributed by atoms with Crippen molar-refractivity contribution < 1.29 is 9.18 Å². The zero-order valence-electron chi connectivity index (χ0n) is 11.1. The Morgan fingerprint density at radius 2 is 2.10 bits per heavy atom.